The number of benzene rings is 2. The quantitative estimate of drug-likeness (QED) is 0.405. The van der Waals surface area contributed by atoms with E-state index in [0.717, 1.165) is 47.8 Å². The Labute approximate surface area is 169 Å². The Morgan fingerprint density at radius 1 is 0.885 bits per heavy atom. The van der Waals surface area contributed by atoms with E-state index < -0.39 is 0 Å². The topological polar surface area (TPSA) is 17.8 Å². The molecule has 0 amide bonds. The van der Waals surface area contributed by atoms with Crippen LogP contribution in [0.25, 0.3) is 0 Å². The van der Waals surface area contributed by atoms with Crippen molar-refractivity contribution in [3.05, 3.63) is 87.4 Å². The molecular weight excluding hydrogens is 387 g/mol. The number of hydrogen-bond acceptors (Lipinski definition) is 1. The molecule has 0 N–H and O–H groups in total. The minimum Gasteiger partial charge on any atom is -0.337 e. The zero-order valence-corrected chi connectivity index (χ0v) is 16.7. The van der Waals surface area contributed by atoms with Crippen LogP contribution in [0.3, 0.4) is 0 Å². The van der Waals surface area contributed by atoms with Crippen LogP contribution >= 0.6 is 34.8 Å². The van der Waals surface area contributed by atoms with E-state index in [-0.39, 0.29) is 0 Å². The second-order valence-corrected chi connectivity index (χ2v) is 7.78. The van der Waals surface area contributed by atoms with E-state index in [0.29, 0.717) is 10.9 Å². The lowest BCUT2D eigenvalue weighted by molar-refractivity contribution is 0.388. The normalized spacial score (nSPS) is 12.3. The van der Waals surface area contributed by atoms with Crippen LogP contribution in [0.5, 0.6) is 0 Å². The zero-order valence-electron chi connectivity index (χ0n) is 14.4. The fourth-order valence-corrected chi connectivity index (χ4v) is 3.90. The first-order valence-electron chi connectivity index (χ1n) is 8.75. The summed E-state index contributed by atoms with van der Waals surface area (Å²) in [5.41, 5.74) is 2.35. The molecule has 2 nitrogen and oxygen atoms in total. The Morgan fingerprint density at radius 3 is 2.27 bits per heavy atom. The maximum Gasteiger partial charge on any atom is 0.0945 e. The molecule has 136 valence electrons. The van der Waals surface area contributed by atoms with E-state index in [1.54, 1.807) is 0 Å². The highest BCUT2D eigenvalue weighted by atomic mass is 35.5. The summed E-state index contributed by atoms with van der Waals surface area (Å²) in [6.07, 6.45) is 9.71. The Bertz CT molecular complexity index is 831. The molecule has 3 aromatic rings. The number of nitrogens with zero attached hydrogens (tertiary/aromatic N) is 2. The van der Waals surface area contributed by atoms with Crippen LogP contribution in [0.2, 0.25) is 15.1 Å². The number of rotatable bonds is 8. The maximum absolute atomic E-state index is 6.33. The van der Waals surface area contributed by atoms with Gasteiger partial charge in [0, 0.05) is 34.0 Å². The summed E-state index contributed by atoms with van der Waals surface area (Å²) in [5.74, 6) is 0.507. The first-order valence-corrected chi connectivity index (χ1v) is 9.88. The highest BCUT2D eigenvalue weighted by Crippen LogP contribution is 2.26. The molecule has 2 aromatic carbocycles. The van der Waals surface area contributed by atoms with Crippen LogP contribution in [-0.4, -0.2) is 9.55 Å². The monoisotopic (exact) mass is 406 g/mol. The Kier molecular flexibility index (Phi) is 7.01. The van der Waals surface area contributed by atoms with Crippen molar-refractivity contribution in [3.63, 3.8) is 0 Å². The van der Waals surface area contributed by atoms with Crippen LogP contribution in [0.1, 0.15) is 24.0 Å². The lowest BCUT2D eigenvalue weighted by Gasteiger charge is -2.18. The number of halogens is 3. The van der Waals surface area contributed by atoms with Crippen molar-refractivity contribution in [1.29, 1.82) is 0 Å². The van der Waals surface area contributed by atoms with Crippen LogP contribution in [0.15, 0.2) is 61.2 Å². The van der Waals surface area contributed by atoms with E-state index >= 15 is 0 Å². The van der Waals surface area contributed by atoms with Crippen molar-refractivity contribution in [3.8, 4) is 0 Å². The predicted octanol–water partition coefficient (Wildman–Crippen LogP) is 6.73. The van der Waals surface area contributed by atoms with Crippen molar-refractivity contribution in [2.24, 2.45) is 5.92 Å². The fourth-order valence-electron chi connectivity index (χ4n) is 3.16. The summed E-state index contributed by atoms with van der Waals surface area (Å²) in [6, 6.07) is 13.8. The molecule has 0 bridgehead atoms. The van der Waals surface area contributed by atoms with Crippen molar-refractivity contribution in [1.82, 2.24) is 9.55 Å². The largest absolute Gasteiger partial charge is 0.337 e. The van der Waals surface area contributed by atoms with E-state index in [1.165, 1.54) is 5.56 Å². The van der Waals surface area contributed by atoms with Gasteiger partial charge in [-0.25, -0.2) is 4.98 Å². The zero-order chi connectivity index (χ0) is 18.4. The lowest BCUT2D eigenvalue weighted by Crippen LogP contribution is -2.12. The average Bonchev–Trinajstić information content (AvgIpc) is 3.13. The number of aromatic nitrogens is 2. The smallest absolute Gasteiger partial charge is 0.0945 e. The van der Waals surface area contributed by atoms with Gasteiger partial charge in [0.2, 0.25) is 0 Å². The van der Waals surface area contributed by atoms with Gasteiger partial charge in [-0.2, -0.15) is 0 Å². The molecule has 0 fully saturated rings. The van der Waals surface area contributed by atoms with Crippen LogP contribution < -0.4 is 0 Å². The molecule has 1 heterocycles. The molecule has 5 heteroatoms. The molecule has 0 spiro atoms. The van der Waals surface area contributed by atoms with Gasteiger partial charge in [-0.05, 0) is 60.9 Å². The SMILES string of the molecule is Clc1ccc(CCC(CCc2ccccc2Cl)Cn2ccnc2)c(Cl)c1. The Hall–Kier alpha value is -1.48. The van der Waals surface area contributed by atoms with Gasteiger partial charge < -0.3 is 4.57 Å². The van der Waals surface area contributed by atoms with Crippen LogP contribution in [-0.2, 0) is 19.4 Å². The Balaban J connectivity index is 1.65. The lowest BCUT2D eigenvalue weighted by atomic mass is 9.93. The highest BCUT2D eigenvalue weighted by molar-refractivity contribution is 6.35. The van der Waals surface area contributed by atoms with Crippen molar-refractivity contribution in [2.75, 3.05) is 0 Å². The van der Waals surface area contributed by atoms with Gasteiger partial charge in [0.25, 0.3) is 0 Å². The third-order valence-corrected chi connectivity index (χ3v) is 5.60. The first kappa shape index (κ1) is 19.3. The molecule has 0 saturated heterocycles. The van der Waals surface area contributed by atoms with Gasteiger partial charge in [-0.3, -0.25) is 0 Å². The summed E-state index contributed by atoms with van der Waals surface area (Å²) in [6.45, 7) is 0.940. The first-order chi connectivity index (χ1) is 12.6. The molecule has 3 rings (SSSR count). The van der Waals surface area contributed by atoms with Crippen molar-refractivity contribution >= 4 is 34.8 Å². The van der Waals surface area contributed by atoms with Gasteiger partial charge in [-0.15, -0.1) is 0 Å². The second kappa shape index (κ2) is 9.45. The summed E-state index contributed by atoms with van der Waals surface area (Å²) in [7, 11) is 0. The molecule has 1 aromatic heterocycles. The van der Waals surface area contributed by atoms with Crippen molar-refractivity contribution in [2.45, 2.75) is 32.2 Å². The predicted molar refractivity (Wildman–Crippen MR) is 110 cm³/mol. The van der Waals surface area contributed by atoms with E-state index in [2.05, 4.69) is 15.6 Å². The molecule has 1 unspecified atom stereocenters. The van der Waals surface area contributed by atoms with Gasteiger partial charge in [0.1, 0.15) is 0 Å². The van der Waals surface area contributed by atoms with Crippen molar-refractivity contribution < 1.29 is 0 Å². The summed E-state index contributed by atoms with van der Waals surface area (Å²) >= 11 is 18.6. The van der Waals surface area contributed by atoms with E-state index in [9.17, 15) is 0 Å². The molecular formula is C21H21Cl3N2. The fraction of sp³-hybridized carbons (Fsp3) is 0.286. The van der Waals surface area contributed by atoms with Crippen LogP contribution in [0, 0.1) is 5.92 Å². The maximum atomic E-state index is 6.33. The van der Waals surface area contributed by atoms with Gasteiger partial charge in [-0.1, -0.05) is 59.1 Å². The van der Waals surface area contributed by atoms with Gasteiger partial charge >= 0.3 is 0 Å². The third kappa shape index (κ3) is 5.51. The Morgan fingerprint density at radius 2 is 1.62 bits per heavy atom. The minimum atomic E-state index is 0.507. The minimum absolute atomic E-state index is 0.507. The third-order valence-electron chi connectivity index (χ3n) is 4.65. The summed E-state index contributed by atoms with van der Waals surface area (Å²) in [5, 5.41) is 2.26. The number of aryl methyl sites for hydroxylation is 2. The standard InChI is InChI=1S/C21H21Cl3N2/c22-19-10-9-18(21(24)13-19)8-6-16(14-26-12-11-25-15-26)5-7-17-3-1-2-4-20(17)23/h1-4,9-13,15-16H,5-8,14H2. The number of hydrogen-bond donors (Lipinski definition) is 0. The second-order valence-electron chi connectivity index (χ2n) is 6.53. The number of imidazole rings is 1. The molecule has 0 aliphatic heterocycles. The molecule has 0 saturated carbocycles. The summed E-state index contributed by atoms with van der Waals surface area (Å²) in [4.78, 5) is 4.16. The molecule has 0 aliphatic rings. The van der Waals surface area contributed by atoms with E-state index in [1.807, 2.05) is 55.1 Å². The average molecular weight is 408 g/mol. The highest BCUT2D eigenvalue weighted by Gasteiger charge is 2.13. The molecule has 26 heavy (non-hydrogen) atoms. The van der Waals surface area contributed by atoms with Crippen LogP contribution in [0.4, 0.5) is 0 Å². The summed E-state index contributed by atoms with van der Waals surface area (Å²) < 4.78 is 2.14. The molecule has 1 atom stereocenters. The van der Waals surface area contributed by atoms with E-state index in [4.69, 9.17) is 34.8 Å². The molecule has 0 aliphatic carbocycles. The molecule has 0 radical (unpaired) electrons. The van der Waals surface area contributed by atoms with Gasteiger partial charge in [0.15, 0.2) is 0 Å². The van der Waals surface area contributed by atoms with Gasteiger partial charge in [0.05, 0.1) is 6.33 Å².